The van der Waals surface area contributed by atoms with Gasteiger partial charge in [0.25, 0.3) is 0 Å². The number of aryl methyl sites for hydroxylation is 1. The Hall–Kier alpha value is -4.97. The molecule has 0 atom stereocenters. The van der Waals surface area contributed by atoms with E-state index in [0.29, 0.717) is 12.0 Å². The highest BCUT2D eigenvalue weighted by Crippen LogP contribution is 2.41. The number of allylic oxidation sites excluding steroid dienone is 2. The van der Waals surface area contributed by atoms with E-state index in [4.69, 9.17) is 4.99 Å². The number of likely N-dealkylation sites (tertiary alicyclic amines) is 2. The lowest BCUT2D eigenvalue weighted by Gasteiger charge is -2.54. The molecule has 4 aromatic rings. The van der Waals surface area contributed by atoms with Crippen molar-refractivity contribution >= 4 is 22.8 Å². The number of piperidine rings is 1. The lowest BCUT2D eigenvalue weighted by Crippen LogP contribution is -2.62. The summed E-state index contributed by atoms with van der Waals surface area (Å²) in [6, 6.07) is 14.3. The first-order valence-electron chi connectivity index (χ1n) is 14.2. The van der Waals surface area contributed by atoms with Crippen molar-refractivity contribution in [2.45, 2.75) is 26.2 Å². The molecule has 3 aromatic heterocycles. The van der Waals surface area contributed by atoms with E-state index in [1.807, 2.05) is 80.1 Å². The van der Waals surface area contributed by atoms with Gasteiger partial charge in [-0.1, -0.05) is 43.0 Å². The average molecular weight is 559 g/mol. The monoisotopic (exact) mass is 558 g/mol. The van der Waals surface area contributed by atoms with E-state index in [0.717, 1.165) is 78.2 Å². The number of aliphatic imine (C=N–C) groups is 1. The summed E-state index contributed by atoms with van der Waals surface area (Å²) in [6.07, 6.45) is 13.4. The van der Waals surface area contributed by atoms with Crippen molar-refractivity contribution in [1.29, 1.82) is 5.26 Å². The minimum atomic E-state index is 0.216. The minimum absolute atomic E-state index is 0.216. The molecule has 6 rings (SSSR count). The van der Waals surface area contributed by atoms with Crippen LogP contribution >= 0.6 is 0 Å². The van der Waals surface area contributed by atoms with Gasteiger partial charge in [0.1, 0.15) is 11.9 Å². The predicted molar refractivity (Wildman–Crippen MR) is 163 cm³/mol. The fourth-order valence-corrected chi connectivity index (χ4v) is 6.07. The van der Waals surface area contributed by atoms with Crippen LogP contribution in [-0.2, 0) is 18.3 Å². The first-order valence-corrected chi connectivity index (χ1v) is 14.2. The molecule has 1 amide bonds. The van der Waals surface area contributed by atoms with Gasteiger partial charge < -0.3 is 9.80 Å². The number of hydrogen-bond acceptors (Lipinski definition) is 5. The number of nitriles is 1. The molecule has 42 heavy (non-hydrogen) atoms. The smallest absolute Gasteiger partial charge is 0.227 e. The van der Waals surface area contributed by atoms with Crippen LogP contribution < -0.4 is 0 Å². The van der Waals surface area contributed by atoms with E-state index in [9.17, 15) is 10.1 Å². The Bertz CT molecular complexity index is 1740. The quantitative estimate of drug-likeness (QED) is 0.194. The van der Waals surface area contributed by atoms with Gasteiger partial charge in [-0.15, -0.1) is 0 Å². The highest BCUT2D eigenvalue weighted by atomic mass is 16.2. The van der Waals surface area contributed by atoms with Gasteiger partial charge in [-0.2, -0.15) is 15.5 Å². The van der Waals surface area contributed by atoms with Gasteiger partial charge in [-0.3, -0.25) is 9.48 Å². The number of benzene rings is 1. The van der Waals surface area contributed by atoms with Gasteiger partial charge in [0.2, 0.25) is 5.91 Å². The second kappa shape index (κ2) is 11.1. The number of fused-ring (bicyclic) bond motifs is 1. The molecule has 0 saturated carbocycles. The molecule has 1 aromatic carbocycles. The van der Waals surface area contributed by atoms with E-state index in [1.165, 1.54) is 0 Å². The first-order chi connectivity index (χ1) is 20.4. The normalized spacial score (nSPS) is 16.9. The summed E-state index contributed by atoms with van der Waals surface area (Å²) in [6.45, 7) is 9.61. The van der Waals surface area contributed by atoms with Crippen molar-refractivity contribution < 1.29 is 4.79 Å². The molecule has 1 spiro atoms. The molecule has 2 saturated heterocycles. The second-order valence-electron chi connectivity index (χ2n) is 11.4. The Morgan fingerprint density at radius 2 is 1.86 bits per heavy atom. The molecule has 0 bridgehead atoms. The molecule has 2 aliphatic rings. The predicted octanol–water partition coefficient (Wildman–Crippen LogP) is 4.72. The fraction of sp³-hybridized carbons (Fsp3) is 0.303. The zero-order valence-corrected chi connectivity index (χ0v) is 24.1. The Morgan fingerprint density at radius 1 is 1.10 bits per heavy atom. The lowest BCUT2D eigenvalue weighted by molar-refractivity contribution is -0.145. The number of aromatic nitrogens is 4. The summed E-state index contributed by atoms with van der Waals surface area (Å²) in [5.74, 6) is 1.16. The van der Waals surface area contributed by atoms with Crippen LogP contribution in [0.25, 0.3) is 22.2 Å². The topological polar surface area (TPSA) is 94.8 Å². The molecular weight excluding hydrogens is 524 g/mol. The van der Waals surface area contributed by atoms with Gasteiger partial charge in [-0.05, 0) is 31.4 Å². The van der Waals surface area contributed by atoms with Crippen molar-refractivity contribution in [2.75, 3.05) is 26.2 Å². The van der Waals surface area contributed by atoms with Gasteiger partial charge in [-0.25, -0.2) is 9.51 Å². The number of amidine groups is 1. The van der Waals surface area contributed by atoms with E-state index in [2.05, 4.69) is 27.7 Å². The van der Waals surface area contributed by atoms with E-state index >= 15 is 0 Å². The highest BCUT2D eigenvalue weighted by Gasteiger charge is 2.46. The largest absolute Gasteiger partial charge is 0.360 e. The number of hydrogen-bond donors (Lipinski definition) is 0. The Morgan fingerprint density at radius 3 is 2.52 bits per heavy atom. The maximum atomic E-state index is 12.7. The summed E-state index contributed by atoms with van der Waals surface area (Å²) in [5, 5.41) is 18.5. The third-order valence-electron chi connectivity index (χ3n) is 8.58. The summed E-state index contributed by atoms with van der Waals surface area (Å²) < 4.78 is 3.49. The molecule has 0 radical (unpaired) electrons. The fourth-order valence-electron chi connectivity index (χ4n) is 6.07. The van der Waals surface area contributed by atoms with Crippen molar-refractivity contribution in [3.63, 3.8) is 0 Å². The zero-order chi connectivity index (χ0) is 29.3. The zero-order valence-electron chi connectivity index (χ0n) is 24.1. The molecule has 212 valence electrons. The van der Waals surface area contributed by atoms with Gasteiger partial charge >= 0.3 is 0 Å². The standard InChI is InChI=1S/C33H34N8O/c1-4-26(30-15-27(29-19-36-38(3)20-29)21-41-32(30)28(16-34)18-37-41)17-35-24(2)39-12-10-33(11-13-39)22-40(23-33)31(42)14-25-8-6-5-7-9-25/h4-9,15,17-21H,1,10-14,22-23H2,2-3H3/b26-17+,35-24+. The summed E-state index contributed by atoms with van der Waals surface area (Å²) in [5.41, 5.74) is 6.04. The van der Waals surface area contributed by atoms with Gasteiger partial charge in [0, 0.05) is 79.5 Å². The molecule has 5 heterocycles. The summed E-state index contributed by atoms with van der Waals surface area (Å²) in [4.78, 5) is 21.9. The lowest BCUT2D eigenvalue weighted by atomic mass is 9.72. The van der Waals surface area contributed by atoms with Crippen molar-refractivity contribution in [3.8, 4) is 17.2 Å². The summed E-state index contributed by atoms with van der Waals surface area (Å²) >= 11 is 0. The van der Waals surface area contributed by atoms with Gasteiger partial charge in [0.15, 0.2) is 0 Å². The molecular formula is C33H34N8O. The Kier molecular flexibility index (Phi) is 7.21. The van der Waals surface area contributed by atoms with Crippen LogP contribution in [0.2, 0.25) is 0 Å². The third-order valence-corrected chi connectivity index (χ3v) is 8.58. The van der Waals surface area contributed by atoms with Crippen molar-refractivity contribution in [3.05, 3.63) is 96.7 Å². The highest BCUT2D eigenvalue weighted by molar-refractivity contribution is 5.90. The van der Waals surface area contributed by atoms with Crippen LogP contribution in [0.15, 0.2) is 85.0 Å². The molecule has 0 unspecified atom stereocenters. The third kappa shape index (κ3) is 5.23. The van der Waals surface area contributed by atoms with E-state index < -0.39 is 0 Å². The van der Waals surface area contributed by atoms with Crippen LogP contribution in [-0.4, -0.2) is 67.1 Å². The van der Waals surface area contributed by atoms with Crippen LogP contribution in [0.3, 0.4) is 0 Å². The summed E-state index contributed by atoms with van der Waals surface area (Å²) in [7, 11) is 1.88. The first kappa shape index (κ1) is 27.2. The van der Waals surface area contributed by atoms with Crippen LogP contribution in [0, 0.1) is 16.7 Å². The number of carbonyl (C=O) groups excluding carboxylic acids is 1. The molecule has 9 nitrogen and oxygen atoms in total. The Balaban J connectivity index is 1.16. The number of amides is 1. The molecule has 2 fully saturated rings. The second-order valence-corrected chi connectivity index (χ2v) is 11.4. The number of nitrogens with zero attached hydrogens (tertiary/aromatic N) is 8. The number of pyridine rings is 1. The Labute approximate surface area is 245 Å². The van der Waals surface area contributed by atoms with Crippen LogP contribution in [0.4, 0.5) is 0 Å². The van der Waals surface area contributed by atoms with E-state index in [1.54, 1.807) is 21.5 Å². The average Bonchev–Trinajstić information content (AvgIpc) is 3.62. The maximum absolute atomic E-state index is 12.7. The minimum Gasteiger partial charge on any atom is -0.360 e. The van der Waals surface area contributed by atoms with Crippen molar-refractivity contribution in [2.24, 2.45) is 17.5 Å². The van der Waals surface area contributed by atoms with Crippen molar-refractivity contribution in [1.82, 2.24) is 29.2 Å². The molecule has 9 heteroatoms. The van der Waals surface area contributed by atoms with E-state index in [-0.39, 0.29) is 11.3 Å². The van der Waals surface area contributed by atoms with Gasteiger partial charge in [0.05, 0.1) is 29.9 Å². The SMILES string of the molecule is C=C/C(=C\N=C(/C)N1CCC2(CC1)CN(C(=O)Cc1ccccc1)C2)c1cc(-c2cnn(C)c2)cn2ncc(C#N)c12. The molecule has 2 aliphatic heterocycles. The number of rotatable bonds is 6. The molecule has 0 aliphatic carbocycles. The van der Waals surface area contributed by atoms with Crippen LogP contribution in [0.1, 0.15) is 36.5 Å². The number of carbonyl (C=O) groups is 1. The molecule has 0 N–H and O–H groups in total. The maximum Gasteiger partial charge on any atom is 0.227 e. The van der Waals surface area contributed by atoms with Crippen LogP contribution in [0.5, 0.6) is 0 Å².